The molecule has 0 radical (unpaired) electrons. The molecule has 82 valence electrons. The first-order chi connectivity index (χ1) is 6.73. The molecule has 0 bridgehead atoms. The smallest absolute Gasteiger partial charge is 0.0793 e. The van der Waals surface area contributed by atoms with E-state index in [2.05, 4.69) is 4.90 Å². The number of rotatable bonds is 2. The SMILES string of the molecule is NCC1(O)CCN(C2CCCC2)CC1. The molecule has 2 rings (SSSR count). The van der Waals surface area contributed by atoms with Crippen LogP contribution < -0.4 is 5.73 Å². The molecule has 2 aliphatic rings. The van der Waals surface area contributed by atoms with Crippen LogP contribution in [0.3, 0.4) is 0 Å². The van der Waals surface area contributed by atoms with Gasteiger partial charge in [-0.1, -0.05) is 12.8 Å². The summed E-state index contributed by atoms with van der Waals surface area (Å²) >= 11 is 0. The highest BCUT2D eigenvalue weighted by atomic mass is 16.3. The molecule has 1 saturated carbocycles. The van der Waals surface area contributed by atoms with Crippen molar-refractivity contribution < 1.29 is 5.11 Å². The number of nitrogens with two attached hydrogens (primary N) is 1. The number of nitrogens with zero attached hydrogens (tertiary/aromatic N) is 1. The van der Waals surface area contributed by atoms with Crippen molar-refractivity contribution >= 4 is 0 Å². The Kier molecular flexibility index (Phi) is 3.10. The summed E-state index contributed by atoms with van der Waals surface area (Å²) < 4.78 is 0. The first-order valence-corrected chi connectivity index (χ1v) is 5.90. The van der Waals surface area contributed by atoms with Crippen LogP contribution in [0.4, 0.5) is 0 Å². The zero-order valence-corrected chi connectivity index (χ0v) is 8.91. The second kappa shape index (κ2) is 4.17. The molecule has 0 amide bonds. The van der Waals surface area contributed by atoms with Crippen molar-refractivity contribution in [2.24, 2.45) is 5.73 Å². The lowest BCUT2D eigenvalue weighted by Gasteiger charge is -2.40. The fourth-order valence-corrected chi connectivity index (χ4v) is 2.78. The molecule has 3 nitrogen and oxygen atoms in total. The fourth-order valence-electron chi connectivity index (χ4n) is 2.78. The third-order valence-corrected chi connectivity index (χ3v) is 3.95. The summed E-state index contributed by atoms with van der Waals surface area (Å²) in [6.07, 6.45) is 7.23. The van der Waals surface area contributed by atoms with Gasteiger partial charge in [0.1, 0.15) is 0 Å². The van der Waals surface area contributed by atoms with Gasteiger partial charge in [0.15, 0.2) is 0 Å². The highest BCUT2D eigenvalue weighted by Crippen LogP contribution is 2.28. The van der Waals surface area contributed by atoms with E-state index in [1.807, 2.05) is 0 Å². The van der Waals surface area contributed by atoms with Gasteiger partial charge in [0.25, 0.3) is 0 Å². The molecule has 0 spiro atoms. The van der Waals surface area contributed by atoms with Gasteiger partial charge in [-0.2, -0.15) is 0 Å². The van der Waals surface area contributed by atoms with Crippen molar-refractivity contribution in [3.05, 3.63) is 0 Å². The van der Waals surface area contributed by atoms with Gasteiger partial charge in [0.2, 0.25) is 0 Å². The summed E-state index contributed by atoms with van der Waals surface area (Å²) in [7, 11) is 0. The van der Waals surface area contributed by atoms with Gasteiger partial charge < -0.3 is 15.7 Å². The molecule has 0 aromatic rings. The van der Waals surface area contributed by atoms with E-state index in [0.717, 1.165) is 32.0 Å². The monoisotopic (exact) mass is 198 g/mol. The highest BCUT2D eigenvalue weighted by molar-refractivity contribution is 4.89. The first kappa shape index (κ1) is 10.4. The van der Waals surface area contributed by atoms with Gasteiger partial charge in [-0.25, -0.2) is 0 Å². The molecular formula is C11H22N2O. The van der Waals surface area contributed by atoms with E-state index in [9.17, 15) is 5.11 Å². The molecule has 3 N–H and O–H groups in total. The maximum atomic E-state index is 9.99. The molecule has 3 heteroatoms. The summed E-state index contributed by atoms with van der Waals surface area (Å²) in [6.45, 7) is 2.50. The minimum absolute atomic E-state index is 0.422. The van der Waals surface area contributed by atoms with E-state index >= 15 is 0 Å². The predicted molar refractivity (Wildman–Crippen MR) is 57.1 cm³/mol. The Hall–Kier alpha value is -0.120. The minimum atomic E-state index is -0.560. The number of likely N-dealkylation sites (tertiary alicyclic amines) is 1. The maximum Gasteiger partial charge on any atom is 0.0793 e. The van der Waals surface area contributed by atoms with Crippen molar-refractivity contribution in [2.45, 2.75) is 50.2 Å². The number of hydrogen-bond acceptors (Lipinski definition) is 3. The summed E-state index contributed by atoms with van der Waals surface area (Å²) in [6, 6.07) is 0.803. The third kappa shape index (κ3) is 2.10. The lowest BCUT2D eigenvalue weighted by molar-refractivity contribution is -0.0231. The Morgan fingerprint density at radius 2 is 1.79 bits per heavy atom. The average molecular weight is 198 g/mol. The third-order valence-electron chi connectivity index (χ3n) is 3.95. The number of aliphatic hydroxyl groups is 1. The molecule has 0 aromatic carbocycles. The van der Waals surface area contributed by atoms with Crippen molar-refractivity contribution in [3.63, 3.8) is 0 Å². The van der Waals surface area contributed by atoms with Gasteiger partial charge in [0, 0.05) is 25.7 Å². The summed E-state index contributed by atoms with van der Waals surface area (Å²) in [5.41, 5.74) is 5.01. The summed E-state index contributed by atoms with van der Waals surface area (Å²) in [5, 5.41) is 9.99. The van der Waals surface area contributed by atoms with Crippen LogP contribution >= 0.6 is 0 Å². The van der Waals surface area contributed by atoms with E-state index in [4.69, 9.17) is 5.73 Å². The Morgan fingerprint density at radius 1 is 1.21 bits per heavy atom. The normalized spacial score (nSPS) is 29.6. The molecule has 2 fully saturated rings. The van der Waals surface area contributed by atoms with Gasteiger partial charge in [0.05, 0.1) is 5.60 Å². The van der Waals surface area contributed by atoms with Crippen LogP contribution in [-0.2, 0) is 0 Å². The second-order valence-corrected chi connectivity index (χ2v) is 4.90. The average Bonchev–Trinajstić information content (AvgIpc) is 2.72. The Balaban J connectivity index is 1.83. The van der Waals surface area contributed by atoms with Crippen molar-refractivity contribution in [2.75, 3.05) is 19.6 Å². The molecule has 0 atom stereocenters. The molecule has 14 heavy (non-hydrogen) atoms. The van der Waals surface area contributed by atoms with Crippen molar-refractivity contribution in [1.82, 2.24) is 4.90 Å². The van der Waals surface area contributed by atoms with E-state index in [1.165, 1.54) is 25.7 Å². The summed E-state index contributed by atoms with van der Waals surface area (Å²) in [4.78, 5) is 2.55. The van der Waals surface area contributed by atoms with Crippen LogP contribution in [0.25, 0.3) is 0 Å². The predicted octanol–water partition coefficient (Wildman–Crippen LogP) is 0.715. The topological polar surface area (TPSA) is 49.5 Å². The van der Waals surface area contributed by atoms with E-state index in [-0.39, 0.29) is 0 Å². The van der Waals surface area contributed by atoms with Crippen LogP contribution in [-0.4, -0.2) is 41.3 Å². The van der Waals surface area contributed by atoms with Crippen LogP contribution in [0.5, 0.6) is 0 Å². The lowest BCUT2D eigenvalue weighted by atomic mass is 9.91. The zero-order valence-electron chi connectivity index (χ0n) is 8.91. The van der Waals surface area contributed by atoms with Crippen LogP contribution in [0, 0.1) is 0 Å². The molecule has 1 aliphatic heterocycles. The van der Waals surface area contributed by atoms with Gasteiger partial charge >= 0.3 is 0 Å². The minimum Gasteiger partial charge on any atom is -0.388 e. The number of piperidine rings is 1. The zero-order chi connectivity index (χ0) is 10.0. The Morgan fingerprint density at radius 3 is 2.29 bits per heavy atom. The van der Waals surface area contributed by atoms with E-state index < -0.39 is 5.60 Å². The second-order valence-electron chi connectivity index (χ2n) is 4.90. The Labute approximate surface area is 86.3 Å². The van der Waals surface area contributed by atoms with Gasteiger partial charge in [-0.3, -0.25) is 0 Å². The van der Waals surface area contributed by atoms with Crippen LogP contribution in [0.2, 0.25) is 0 Å². The molecule has 1 aliphatic carbocycles. The first-order valence-electron chi connectivity index (χ1n) is 5.90. The number of hydrogen-bond donors (Lipinski definition) is 2. The van der Waals surface area contributed by atoms with Gasteiger partial charge in [-0.05, 0) is 25.7 Å². The fraction of sp³-hybridized carbons (Fsp3) is 1.00. The van der Waals surface area contributed by atoms with Gasteiger partial charge in [-0.15, -0.1) is 0 Å². The van der Waals surface area contributed by atoms with E-state index in [1.54, 1.807) is 0 Å². The van der Waals surface area contributed by atoms with Crippen LogP contribution in [0.15, 0.2) is 0 Å². The quantitative estimate of drug-likeness (QED) is 0.687. The van der Waals surface area contributed by atoms with Crippen LogP contribution in [0.1, 0.15) is 38.5 Å². The lowest BCUT2D eigenvalue weighted by Crippen LogP contribution is -2.50. The molecular weight excluding hydrogens is 176 g/mol. The van der Waals surface area contributed by atoms with Crippen molar-refractivity contribution in [3.8, 4) is 0 Å². The highest BCUT2D eigenvalue weighted by Gasteiger charge is 2.33. The Bertz CT molecular complexity index is 182. The molecule has 0 aromatic heterocycles. The largest absolute Gasteiger partial charge is 0.388 e. The standard InChI is InChI=1S/C11H22N2O/c12-9-11(14)5-7-13(8-6-11)10-3-1-2-4-10/h10,14H,1-9,12H2. The molecule has 0 unspecified atom stereocenters. The molecule has 1 heterocycles. The summed E-state index contributed by atoms with van der Waals surface area (Å²) in [5.74, 6) is 0. The molecule has 1 saturated heterocycles. The van der Waals surface area contributed by atoms with Crippen molar-refractivity contribution in [1.29, 1.82) is 0 Å². The maximum absolute atomic E-state index is 9.99. The van der Waals surface area contributed by atoms with E-state index in [0.29, 0.717) is 6.54 Å².